The van der Waals surface area contributed by atoms with Gasteiger partial charge in [0.1, 0.15) is 0 Å². The maximum absolute atomic E-state index is 11.4. The summed E-state index contributed by atoms with van der Waals surface area (Å²) in [4.78, 5) is 13.0. The van der Waals surface area contributed by atoms with E-state index < -0.39 is 0 Å². The second-order valence-corrected chi connectivity index (χ2v) is 4.06. The third-order valence-electron chi connectivity index (χ3n) is 3.03. The van der Waals surface area contributed by atoms with Gasteiger partial charge in [-0.25, -0.2) is 4.79 Å². The molecule has 1 fully saturated rings. The van der Waals surface area contributed by atoms with Gasteiger partial charge in [-0.3, -0.25) is 0 Å². The molecule has 1 saturated heterocycles. The highest BCUT2D eigenvalue weighted by atomic mass is 16.5. The zero-order chi connectivity index (χ0) is 11.5. The Morgan fingerprint density at radius 1 is 1.38 bits per heavy atom. The van der Waals surface area contributed by atoms with Crippen LogP contribution in [0.15, 0.2) is 30.3 Å². The number of likely N-dealkylation sites (tertiary alicyclic amines) is 1. The third-order valence-corrected chi connectivity index (χ3v) is 3.03. The van der Waals surface area contributed by atoms with E-state index >= 15 is 0 Å². The molecule has 1 heterocycles. The molecule has 4 nitrogen and oxygen atoms in total. The van der Waals surface area contributed by atoms with Crippen molar-refractivity contribution >= 4 is 6.09 Å². The van der Waals surface area contributed by atoms with Crippen LogP contribution in [0.25, 0.3) is 0 Å². The van der Waals surface area contributed by atoms with Gasteiger partial charge in [0.2, 0.25) is 0 Å². The van der Waals surface area contributed by atoms with Crippen molar-refractivity contribution in [2.24, 2.45) is 5.73 Å². The number of nitrogens with zero attached hydrogens (tertiary/aromatic N) is 1. The molecular weight excluding hydrogens is 204 g/mol. The molecule has 1 amide bonds. The molecule has 0 saturated carbocycles. The summed E-state index contributed by atoms with van der Waals surface area (Å²) in [6.45, 7) is 1.20. The number of nitrogens with two attached hydrogens (primary N) is 1. The highest BCUT2D eigenvalue weighted by Gasteiger charge is 2.34. The van der Waals surface area contributed by atoms with Gasteiger partial charge in [-0.1, -0.05) is 30.3 Å². The first-order valence-electron chi connectivity index (χ1n) is 5.36. The van der Waals surface area contributed by atoms with E-state index in [1.54, 1.807) is 4.90 Å². The lowest BCUT2D eigenvalue weighted by molar-refractivity contribution is 0.132. The summed E-state index contributed by atoms with van der Waals surface area (Å²) in [6.07, 6.45) is -0.297. The Morgan fingerprint density at radius 2 is 2.06 bits per heavy atom. The van der Waals surface area contributed by atoms with E-state index in [0.717, 1.165) is 0 Å². The minimum atomic E-state index is -0.297. The number of rotatable bonds is 1. The minimum absolute atomic E-state index is 0.0125. The van der Waals surface area contributed by atoms with Gasteiger partial charge in [-0.2, -0.15) is 0 Å². The van der Waals surface area contributed by atoms with Gasteiger partial charge < -0.3 is 15.4 Å². The average Bonchev–Trinajstić information content (AvgIpc) is 2.71. The molecule has 0 aliphatic carbocycles. The van der Waals surface area contributed by atoms with Crippen LogP contribution in [0.3, 0.4) is 0 Å². The van der Waals surface area contributed by atoms with Crippen molar-refractivity contribution in [3.8, 4) is 0 Å². The maximum Gasteiger partial charge on any atom is 0.409 e. The number of ether oxygens (including phenoxy) is 1. The first-order valence-corrected chi connectivity index (χ1v) is 5.36. The minimum Gasteiger partial charge on any atom is -0.453 e. The maximum atomic E-state index is 11.4. The summed E-state index contributed by atoms with van der Waals surface area (Å²) in [5, 5.41) is 0. The van der Waals surface area contributed by atoms with Gasteiger partial charge in [0.15, 0.2) is 0 Å². The number of hydrogen-bond donors (Lipinski definition) is 1. The molecule has 1 aliphatic rings. The fourth-order valence-corrected chi connectivity index (χ4v) is 2.16. The Labute approximate surface area is 95.0 Å². The van der Waals surface area contributed by atoms with Crippen LogP contribution in [-0.2, 0) is 4.74 Å². The Bertz CT molecular complexity index is 367. The van der Waals surface area contributed by atoms with Crippen molar-refractivity contribution in [3.05, 3.63) is 35.9 Å². The van der Waals surface area contributed by atoms with E-state index in [0.29, 0.717) is 13.1 Å². The van der Waals surface area contributed by atoms with Gasteiger partial charge in [-0.05, 0) is 5.56 Å². The van der Waals surface area contributed by atoms with E-state index in [9.17, 15) is 4.79 Å². The normalized spacial score (nSPS) is 24.5. The van der Waals surface area contributed by atoms with E-state index in [1.165, 1.54) is 12.7 Å². The fourth-order valence-electron chi connectivity index (χ4n) is 2.16. The number of amides is 1. The van der Waals surface area contributed by atoms with Crippen molar-refractivity contribution in [1.29, 1.82) is 0 Å². The second-order valence-electron chi connectivity index (χ2n) is 4.06. The lowest BCUT2D eigenvalue weighted by atomic mass is 9.95. The summed E-state index contributed by atoms with van der Waals surface area (Å²) in [7, 11) is 1.39. The second kappa shape index (κ2) is 4.53. The van der Waals surface area contributed by atoms with Crippen LogP contribution in [0.1, 0.15) is 11.5 Å². The predicted molar refractivity (Wildman–Crippen MR) is 61.1 cm³/mol. The largest absolute Gasteiger partial charge is 0.453 e. The fraction of sp³-hybridized carbons (Fsp3) is 0.417. The van der Waals surface area contributed by atoms with Crippen molar-refractivity contribution in [2.45, 2.75) is 12.0 Å². The van der Waals surface area contributed by atoms with Crippen molar-refractivity contribution < 1.29 is 9.53 Å². The SMILES string of the molecule is COC(=O)N1CC(N)C(c2ccccc2)C1. The first kappa shape index (κ1) is 11.0. The molecule has 2 rings (SSSR count). The zero-order valence-corrected chi connectivity index (χ0v) is 9.30. The summed E-state index contributed by atoms with van der Waals surface area (Å²) in [5.41, 5.74) is 7.23. The van der Waals surface area contributed by atoms with E-state index in [2.05, 4.69) is 0 Å². The third kappa shape index (κ3) is 2.02. The van der Waals surface area contributed by atoms with Crippen LogP contribution in [0, 0.1) is 0 Å². The number of benzene rings is 1. The highest BCUT2D eigenvalue weighted by molar-refractivity contribution is 5.68. The molecule has 0 aromatic heterocycles. The van der Waals surface area contributed by atoms with Gasteiger partial charge in [0.05, 0.1) is 7.11 Å². The predicted octanol–water partition coefficient (Wildman–Crippen LogP) is 1.18. The quantitative estimate of drug-likeness (QED) is 0.773. The number of carbonyl (C=O) groups is 1. The molecule has 0 bridgehead atoms. The number of hydrogen-bond acceptors (Lipinski definition) is 3. The van der Waals surface area contributed by atoms with E-state index in [-0.39, 0.29) is 18.1 Å². The molecule has 4 heteroatoms. The van der Waals surface area contributed by atoms with Crippen LogP contribution in [0.4, 0.5) is 4.79 Å². The molecule has 1 aromatic carbocycles. The average molecular weight is 220 g/mol. The van der Waals surface area contributed by atoms with Gasteiger partial charge in [0.25, 0.3) is 0 Å². The molecule has 1 aromatic rings. The standard InChI is InChI=1S/C12H16N2O2/c1-16-12(15)14-7-10(11(13)8-14)9-5-3-2-4-6-9/h2-6,10-11H,7-8,13H2,1H3. The van der Waals surface area contributed by atoms with E-state index in [4.69, 9.17) is 10.5 Å². The van der Waals surface area contributed by atoms with E-state index in [1.807, 2.05) is 30.3 Å². The van der Waals surface area contributed by atoms with Gasteiger partial charge in [0, 0.05) is 25.0 Å². The van der Waals surface area contributed by atoms with Gasteiger partial charge in [-0.15, -0.1) is 0 Å². The van der Waals surface area contributed by atoms with Crippen LogP contribution >= 0.6 is 0 Å². The smallest absolute Gasteiger partial charge is 0.409 e. The molecule has 86 valence electrons. The van der Waals surface area contributed by atoms with Crippen LogP contribution in [0.2, 0.25) is 0 Å². The summed E-state index contributed by atoms with van der Waals surface area (Å²) < 4.78 is 4.70. The lowest BCUT2D eigenvalue weighted by Crippen LogP contribution is -2.31. The highest BCUT2D eigenvalue weighted by Crippen LogP contribution is 2.26. The Kier molecular flexibility index (Phi) is 3.10. The number of methoxy groups -OCH3 is 1. The molecule has 0 radical (unpaired) electrons. The molecule has 2 unspecified atom stereocenters. The topological polar surface area (TPSA) is 55.6 Å². The molecule has 1 aliphatic heterocycles. The summed E-state index contributed by atoms with van der Waals surface area (Å²) in [6, 6.07) is 10.0. The van der Waals surface area contributed by atoms with Crippen LogP contribution in [0.5, 0.6) is 0 Å². The van der Waals surface area contributed by atoms with Crippen molar-refractivity contribution in [2.75, 3.05) is 20.2 Å². The van der Waals surface area contributed by atoms with Gasteiger partial charge >= 0.3 is 6.09 Å². The van der Waals surface area contributed by atoms with Crippen molar-refractivity contribution in [1.82, 2.24) is 4.90 Å². The Hall–Kier alpha value is -1.55. The Balaban J connectivity index is 2.11. The molecule has 2 atom stereocenters. The van der Waals surface area contributed by atoms with Crippen LogP contribution < -0.4 is 5.73 Å². The number of carbonyl (C=O) groups excluding carboxylic acids is 1. The first-order chi connectivity index (χ1) is 7.72. The lowest BCUT2D eigenvalue weighted by Gasteiger charge is -2.14. The zero-order valence-electron chi connectivity index (χ0n) is 9.30. The molecular formula is C12H16N2O2. The van der Waals surface area contributed by atoms with Crippen molar-refractivity contribution in [3.63, 3.8) is 0 Å². The summed E-state index contributed by atoms with van der Waals surface area (Å²) in [5.74, 6) is 0.209. The van der Waals surface area contributed by atoms with Crippen LogP contribution in [-0.4, -0.2) is 37.2 Å². The molecule has 2 N–H and O–H groups in total. The molecule has 16 heavy (non-hydrogen) atoms. The monoisotopic (exact) mass is 220 g/mol. The molecule has 0 spiro atoms. The Morgan fingerprint density at radius 3 is 2.69 bits per heavy atom. The summed E-state index contributed by atoms with van der Waals surface area (Å²) >= 11 is 0.